The number of rotatable bonds is 6. The van der Waals surface area contributed by atoms with E-state index < -0.39 is 23.7 Å². The van der Waals surface area contributed by atoms with Crippen LogP contribution in [0.5, 0.6) is 5.75 Å². The molecule has 1 atom stereocenters. The Bertz CT molecular complexity index is 1380. The molecule has 4 rings (SSSR count). The Morgan fingerprint density at radius 2 is 1.53 bits per heavy atom. The summed E-state index contributed by atoms with van der Waals surface area (Å²) in [5, 5.41) is 3.81. The number of hydrogen-bond acceptors (Lipinski definition) is 2. The van der Waals surface area contributed by atoms with Crippen molar-refractivity contribution in [1.29, 1.82) is 0 Å². The first-order valence-corrected chi connectivity index (χ1v) is 11.7. The number of benzene rings is 4. The number of ether oxygens (including phenoxy) is 1. The molecule has 0 radical (unpaired) electrons. The number of anilines is 1. The van der Waals surface area contributed by atoms with E-state index in [-0.39, 0.29) is 10.7 Å². The summed E-state index contributed by atoms with van der Waals surface area (Å²) in [4.78, 5) is 0.139. The quantitative estimate of drug-likeness (QED) is 0.191. The van der Waals surface area contributed by atoms with Crippen LogP contribution in [0.25, 0.3) is 0 Å². The van der Waals surface area contributed by atoms with Gasteiger partial charge in [0.05, 0.1) is 5.56 Å². The molecule has 1 N–H and O–H groups in total. The highest BCUT2D eigenvalue weighted by molar-refractivity contribution is 7.81. The fourth-order valence-electron chi connectivity index (χ4n) is 3.45. The molecule has 0 bridgehead atoms. The van der Waals surface area contributed by atoms with Gasteiger partial charge in [0.1, 0.15) is 4.99 Å². The summed E-state index contributed by atoms with van der Waals surface area (Å²) in [6.45, 7) is 0. The van der Waals surface area contributed by atoms with Crippen molar-refractivity contribution in [3.8, 4) is 5.75 Å². The van der Waals surface area contributed by atoms with E-state index in [2.05, 4.69) is 5.32 Å². The summed E-state index contributed by atoms with van der Waals surface area (Å²) in [6.07, 6.45) is -5.15. The summed E-state index contributed by atoms with van der Waals surface area (Å²) in [7, 11) is 0. The molecule has 0 aliphatic carbocycles. The van der Waals surface area contributed by atoms with Gasteiger partial charge in [0.2, 0.25) is 0 Å². The Morgan fingerprint density at radius 3 is 2.14 bits per heavy atom. The third-order valence-corrected chi connectivity index (χ3v) is 6.20. The van der Waals surface area contributed by atoms with Crippen molar-refractivity contribution >= 4 is 46.1 Å². The maximum atomic E-state index is 15.1. The standard InChI is InChI=1S/C27H17Cl2F4NOS/c28-19-10-5-16(6-11-19)25(21-3-1-2-4-22(21)29)35-24-14-7-17(15-23(24)30)26(36)34-20-12-8-18(9-13-20)27(31,32)33/h1-15,25H,(H,34,36). The molecule has 4 aromatic rings. The first kappa shape index (κ1) is 25.9. The van der Waals surface area contributed by atoms with Crippen molar-refractivity contribution in [2.75, 3.05) is 5.32 Å². The first-order chi connectivity index (χ1) is 17.1. The molecular weight excluding hydrogens is 533 g/mol. The second-order valence-corrected chi connectivity index (χ2v) is 9.00. The predicted octanol–water partition coefficient (Wildman–Crippen LogP) is 9.11. The summed E-state index contributed by atoms with van der Waals surface area (Å²) in [6, 6.07) is 22.6. The van der Waals surface area contributed by atoms with Crippen LogP contribution in [0.15, 0.2) is 91.0 Å². The van der Waals surface area contributed by atoms with Gasteiger partial charge < -0.3 is 10.1 Å². The summed E-state index contributed by atoms with van der Waals surface area (Å²) in [5.74, 6) is -0.703. The molecule has 36 heavy (non-hydrogen) atoms. The Labute approximate surface area is 220 Å². The van der Waals surface area contributed by atoms with Gasteiger partial charge in [-0.25, -0.2) is 4.39 Å². The zero-order chi connectivity index (χ0) is 25.9. The highest BCUT2D eigenvalue weighted by Gasteiger charge is 2.30. The van der Waals surface area contributed by atoms with Crippen molar-refractivity contribution in [2.24, 2.45) is 0 Å². The largest absolute Gasteiger partial charge is 0.478 e. The van der Waals surface area contributed by atoms with Crippen LogP contribution in [0.1, 0.15) is 28.4 Å². The Balaban J connectivity index is 1.56. The third-order valence-electron chi connectivity index (χ3n) is 5.27. The van der Waals surface area contributed by atoms with Crippen molar-refractivity contribution in [1.82, 2.24) is 0 Å². The van der Waals surface area contributed by atoms with Crippen LogP contribution in [-0.4, -0.2) is 4.99 Å². The second-order valence-electron chi connectivity index (χ2n) is 7.75. The molecule has 0 fully saturated rings. The van der Waals surface area contributed by atoms with Gasteiger partial charge in [-0.05, 0) is 66.2 Å². The van der Waals surface area contributed by atoms with Crippen LogP contribution < -0.4 is 10.1 Å². The van der Waals surface area contributed by atoms with E-state index in [4.69, 9.17) is 40.2 Å². The molecule has 0 spiro atoms. The monoisotopic (exact) mass is 549 g/mol. The smallest absolute Gasteiger partial charge is 0.416 e. The van der Waals surface area contributed by atoms with E-state index in [1.807, 2.05) is 0 Å². The van der Waals surface area contributed by atoms with Crippen LogP contribution in [0.3, 0.4) is 0 Å². The fourth-order valence-corrected chi connectivity index (χ4v) is 4.05. The van der Waals surface area contributed by atoms with Crippen molar-refractivity contribution in [2.45, 2.75) is 12.3 Å². The third kappa shape index (κ3) is 6.16. The molecule has 1 unspecified atom stereocenters. The Morgan fingerprint density at radius 1 is 0.861 bits per heavy atom. The number of halogens is 6. The minimum atomic E-state index is -4.44. The highest BCUT2D eigenvalue weighted by Crippen LogP contribution is 2.35. The summed E-state index contributed by atoms with van der Waals surface area (Å²) >= 11 is 17.7. The highest BCUT2D eigenvalue weighted by atomic mass is 35.5. The lowest BCUT2D eigenvalue weighted by atomic mass is 10.0. The zero-order valence-electron chi connectivity index (χ0n) is 18.3. The number of thiocarbonyl (C=S) groups is 1. The molecule has 0 aliphatic heterocycles. The molecule has 0 saturated carbocycles. The predicted molar refractivity (Wildman–Crippen MR) is 139 cm³/mol. The van der Waals surface area contributed by atoms with Gasteiger partial charge in [-0.2, -0.15) is 13.2 Å². The van der Waals surface area contributed by atoms with Crippen molar-refractivity contribution < 1.29 is 22.3 Å². The van der Waals surface area contributed by atoms with E-state index in [0.717, 1.165) is 17.7 Å². The first-order valence-electron chi connectivity index (χ1n) is 10.6. The second kappa shape index (κ2) is 10.9. The number of alkyl halides is 3. The molecule has 0 aliphatic rings. The fraction of sp³-hybridized carbons (Fsp3) is 0.0741. The van der Waals surface area contributed by atoms with Gasteiger partial charge in [0, 0.05) is 26.9 Å². The van der Waals surface area contributed by atoms with E-state index in [1.54, 1.807) is 54.6 Å². The normalized spacial score (nSPS) is 12.2. The van der Waals surface area contributed by atoms with Gasteiger partial charge >= 0.3 is 6.18 Å². The molecule has 184 valence electrons. The van der Waals surface area contributed by atoms with Crippen molar-refractivity contribution in [3.05, 3.63) is 129 Å². The molecule has 2 nitrogen and oxygen atoms in total. The van der Waals surface area contributed by atoms with Gasteiger partial charge in [0.25, 0.3) is 0 Å². The minimum Gasteiger partial charge on any atom is -0.478 e. The summed E-state index contributed by atoms with van der Waals surface area (Å²) < 4.78 is 59.5. The van der Waals surface area contributed by atoms with Crippen molar-refractivity contribution in [3.63, 3.8) is 0 Å². The SMILES string of the molecule is Fc1cc(C(=S)Nc2ccc(C(F)(F)F)cc2)ccc1OC(c1ccc(Cl)cc1)c1ccccc1Cl. The van der Waals surface area contributed by atoms with E-state index >= 15 is 4.39 Å². The molecular formula is C27H17Cl2F4NOS. The van der Waals surface area contributed by atoms with E-state index in [0.29, 0.717) is 26.9 Å². The van der Waals surface area contributed by atoms with Gasteiger partial charge in [-0.1, -0.05) is 65.8 Å². The maximum absolute atomic E-state index is 15.1. The van der Waals surface area contributed by atoms with Gasteiger partial charge in [-0.3, -0.25) is 0 Å². The topological polar surface area (TPSA) is 21.3 Å². The minimum absolute atomic E-state index is 0.0315. The maximum Gasteiger partial charge on any atom is 0.416 e. The van der Waals surface area contributed by atoms with Crippen LogP contribution in [0.2, 0.25) is 10.0 Å². The van der Waals surface area contributed by atoms with Gasteiger partial charge in [0.15, 0.2) is 17.7 Å². The molecule has 0 amide bonds. The van der Waals surface area contributed by atoms with E-state index in [9.17, 15) is 13.2 Å². The molecule has 0 heterocycles. The molecule has 4 aromatic carbocycles. The average Bonchev–Trinajstić information content (AvgIpc) is 2.84. The Hall–Kier alpha value is -3.13. The molecule has 0 saturated heterocycles. The number of hydrogen-bond donors (Lipinski definition) is 1. The molecule has 0 aromatic heterocycles. The lowest BCUT2D eigenvalue weighted by molar-refractivity contribution is -0.137. The van der Waals surface area contributed by atoms with Crippen LogP contribution in [-0.2, 0) is 6.18 Å². The molecule has 9 heteroatoms. The summed E-state index contributed by atoms with van der Waals surface area (Å²) in [5.41, 5.74) is 1.26. The number of nitrogens with one attached hydrogen (secondary N) is 1. The van der Waals surface area contributed by atoms with Crippen LogP contribution >= 0.6 is 35.4 Å². The van der Waals surface area contributed by atoms with Crippen LogP contribution in [0, 0.1) is 5.82 Å². The lowest BCUT2D eigenvalue weighted by Crippen LogP contribution is -2.13. The van der Waals surface area contributed by atoms with Gasteiger partial charge in [-0.15, -0.1) is 0 Å². The van der Waals surface area contributed by atoms with E-state index in [1.165, 1.54) is 24.3 Å². The van der Waals surface area contributed by atoms with Crippen LogP contribution in [0.4, 0.5) is 23.2 Å². The zero-order valence-corrected chi connectivity index (χ0v) is 20.7. The lowest BCUT2D eigenvalue weighted by Gasteiger charge is -2.22. The Kier molecular flexibility index (Phi) is 7.83. The average molecular weight is 550 g/mol.